The molecule has 2 heterocycles. The number of carbonyl (C=O) groups is 1. The maximum absolute atomic E-state index is 12.2. The average Bonchev–Trinajstić information content (AvgIpc) is 2.87. The minimum atomic E-state index is 0.126. The van der Waals surface area contributed by atoms with Crippen LogP contribution in [-0.2, 0) is 0 Å². The highest BCUT2D eigenvalue weighted by molar-refractivity contribution is 14.1. The first-order valence-electron chi connectivity index (χ1n) is 5.52. The summed E-state index contributed by atoms with van der Waals surface area (Å²) in [6.07, 6.45) is 4.07. The fraction of sp³-hybridized carbons (Fsp3) is 0.545. The zero-order valence-electron chi connectivity index (χ0n) is 9.29. The van der Waals surface area contributed by atoms with Crippen LogP contribution in [0.2, 0.25) is 0 Å². The van der Waals surface area contributed by atoms with Crippen LogP contribution >= 0.6 is 22.6 Å². The molecule has 0 aromatic carbocycles. The standard InChI is InChI=1S/C11H16IN3O/c1-13-7-9-3-2-4-15(9)11(16)10-5-8(12)6-14-10/h5-6,9,13-14H,2-4,7H2,1H3. The van der Waals surface area contributed by atoms with Gasteiger partial charge >= 0.3 is 0 Å². The Hall–Kier alpha value is -0.560. The fourth-order valence-corrected chi connectivity index (χ4v) is 2.66. The number of nitrogens with zero attached hydrogens (tertiary/aromatic N) is 1. The number of likely N-dealkylation sites (tertiary alicyclic amines) is 1. The Kier molecular flexibility index (Phi) is 3.86. The Morgan fingerprint density at radius 1 is 1.75 bits per heavy atom. The zero-order valence-corrected chi connectivity index (χ0v) is 11.5. The van der Waals surface area contributed by atoms with Crippen molar-refractivity contribution < 1.29 is 4.79 Å². The van der Waals surface area contributed by atoms with Crippen molar-refractivity contribution in [2.75, 3.05) is 20.1 Å². The Morgan fingerprint density at radius 2 is 2.56 bits per heavy atom. The largest absolute Gasteiger partial charge is 0.356 e. The van der Waals surface area contributed by atoms with E-state index in [2.05, 4.69) is 32.9 Å². The minimum Gasteiger partial charge on any atom is -0.356 e. The predicted octanol–water partition coefficient (Wildman–Crippen LogP) is 1.44. The molecule has 1 aromatic heterocycles. The molecule has 0 bridgehead atoms. The molecule has 5 heteroatoms. The first-order valence-corrected chi connectivity index (χ1v) is 6.59. The Balaban J connectivity index is 2.09. The van der Waals surface area contributed by atoms with Crippen molar-refractivity contribution in [2.45, 2.75) is 18.9 Å². The average molecular weight is 333 g/mol. The van der Waals surface area contributed by atoms with Crippen LogP contribution in [0.25, 0.3) is 0 Å². The number of likely N-dealkylation sites (N-methyl/N-ethyl adjacent to an activating group) is 1. The number of amides is 1. The number of hydrogen-bond donors (Lipinski definition) is 2. The highest BCUT2D eigenvalue weighted by Crippen LogP contribution is 2.19. The molecule has 16 heavy (non-hydrogen) atoms. The van der Waals surface area contributed by atoms with Gasteiger partial charge < -0.3 is 15.2 Å². The van der Waals surface area contributed by atoms with Gasteiger partial charge in [0.1, 0.15) is 5.69 Å². The summed E-state index contributed by atoms with van der Waals surface area (Å²) >= 11 is 2.20. The molecule has 0 spiro atoms. The first-order chi connectivity index (χ1) is 7.72. The smallest absolute Gasteiger partial charge is 0.270 e. The van der Waals surface area contributed by atoms with Gasteiger partial charge in [0.2, 0.25) is 0 Å². The molecule has 2 N–H and O–H groups in total. The van der Waals surface area contributed by atoms with Crippen LogP contribution in [0.15, 0.2) is 12.3 Å². The SMILES string of the molecule is CNCC1CCCN1C(=O)c1cc(I)c[nH]1. The summed E-state index contributed by atoms with van der Waals surface area (Å²) in [4.78, 5) is 17.2. The number of nitrogens with one attached hydrogen (secondary N) is 2. The van der Waals surface area contributed by atoms with E-state index in [9.17, 15) is 4.79 Å². The summed E-state index contributed by atoms with van der Waals surface area (Å²) in [5.41, 5.74) is 0.701. The molecule has 1 aromatic rings. The lowest BCUT2D eigenvalue weighted by Gasteiger charge is -2.23. The molecule has 1 unspecified atom stereocenters. The molecule has 2 rings (SSSR count). The lowest BCUT2D eigenvalue weighted by Crippen LogP contribution is -2.40. The minimum absolute atomic E-state index is 0.126. The van der Waals surface area contributed by atoms with Crippen molar-refractivity contribution in [3.8, 4) is 0 Å². The van der Waals surface area contributed by atoms with E-state index in [0.717, 1.165) is 29.5 Å². The van der Waals surface area contributed by atoms with Crippen molar-refractivity contribution in [1.29, 1.82) is 0 Å². The van der Waals surface area contributed by atoms with Crippen LogP contribution in [0, 0.1) is 3.57 Å². The van der Waals surface area contributed by atoms with E-state index >= 15 is 0 Å². The van der Waals surface area contributed by atoms with Gasteiger partial charge in [0.05, 0.1) is 0 Å². The van der Waals surface area contributed by atoms with Gasteiger partial charge in [0.15, 0.2) is 0 Å². The van der Waals surface area contributed by atoms with E-state index < -0.39 is 0 Å². The first kappa shape index (κ1) is 11.9. The quantitative estimate of drug-likeness (QED) is 0.823. The molecule has 1 atom stereocenters. The lowest BCUT2D eigenvalue weighted by atomic mass is 10.2. The predicted molar refractivity (Wildman–Crippen MR) is 71.5 cm³/mol. The lowest BCUT2D eigenvalue weighted by molar-refractivity contribution is 0.0732. The van der Waals surface area contributed by atoms with Crippen LogP contribution in [0.5, 0.6) is 0 Å². The molecule has 1 aliphatic rings. The third-order valence-electron chi connectivity index (χ3n) is 2.96. The summed E-state index contributed by atoms with van der Waals surface area (Å²) in [7, 11) is 1.93. The van der Waals surface area contributed by atoms with Crippen molar-refractivity contribution in [3.05, 3.63) is 21.5 Å². The highest BCUT2D eigenvalue weighted by Gasteiger charge is 2.29. The van der Waals surface area contributed by atoms with Gasteiger partial charge in [-0.1, -0.05) is 0 Å². The maximum atomic E-state index is 12.2. The Bertz CT molecular complexity index is 377. The normalized spacial score (nSPS) is 20.4. The van der Waals surface area contributed by atoms with Crippen molar-refractivity contribution in [2.24, 2.45) is 0 Å². The number of hydrogen-bond acceptors (Lipinski definition) is 2. The molecular weight excluding hydrogens is 317 g/mol. The van der Waals surface area contributed by atoms with Gasteiger partial charge in [-0.3, -0.25) is 4.79 Å². The summed E-state index contributed by atoms with van der Waals surface area (Å²) < 4.78 is 1.07. The van der Waals surface area contributed by atoms with Crippen LogP contribution in [0.3, 0.4) is 0 Å². The zero-order chi connectivity index (χ0) is 11.5. The monoisotopic (exact) mass is 333 g/mol. The molecule has 0 radical (unpaired) electrons. The number of aromatic nitrogens is 1. The van der Waals surface area contributed by atoms with Gasteiger partial charge in [-0.15, -0.1) is 0 Å². The number of halogens is 1. The van der Waals surface area contributed by atoms with Crippen molar-refractivity contribution in [3.63, 3.8) is 0 Å². The second kappa shape index (κ2) is 5.18. The molecule has 1 fully saturated rings. The van der Waals surface area contributed by atoms with Gasteiger partial charge in [-0.2, -0.15) is 0 Å². The second-order valence-corrected chi connectivity index (χ2v) is 5.33. The third kappa shape index (κ3) is 2.40. The van der Waals surface area contributed by atoms with E-state index in [0.29, 0.717) is 11.7 Å². The van der Waals surface area contributed by atoms with E-state index in [1.165, 1.54) is 0 Å². The second-order valence-electron chi connectivity index (χ2n) is 4.08. The molecular formula is C11H16IN3O. The van der Waals surface area contributed by atoms with Crippen LogP contribution in [0.1, 0.15) is 23.3 Å². The highest BCUT2D eigenvalue weighted by atomic mass is 127. The Morgan fingerprint density at radius 3 is 3.19 bits per heavy atom. The van der Waals surface area contributed by atoms with Crippen molar-refractivity contribution in [1.82, 2.24) is 15.2 Å². The van der Waals surface area contributed by atoms with Crippen molar-refractivity contribution >= 4 is 28.5 Å². The van der Waals surface area contributed by atoms with Crippen LogP contribution < -0.4 is 5.32 Å². The van der Waals surface area contributed by atoms with Crippen LogP contribution in [0.4, 0.5) is 0 Å². The summed E-state index contributed by atoms with van der Waals surface area (Å²) in [5.74, 6) is 0.126. The van der Waals surface area contributed by atoms with E-state index in [4.69, 9.17) is 0 Å². The molecule has 0 aliphatic carbocycles. The number of H-pyrrole nitrogens is 1. The van der Waals surface area contributed by atoms with Gasteiger partial charge in [0.25, 0.3) is 5.91 Å². The molecule has 1 amide bonds. The maximum Gasteiger partial charge on any atom is 0.270 e. The van der Waals surface area contributed by atoms with Gasteiger partial charge in [-0.25, -0.2) is 0 Å². The molecule has 1 saturated heterocycles. The summed E-state index contributed by atoms with van der Waals surface area (Å²) in [6, 6.07) is 2.25. The summed E-state index contributed by atoms with van der Waals surface area (Å²) in [5, 5.41) is 3.15. The third-order valence-corrected chi connectivity index (χ3v) is 3.58. The van der Waals surface area contributed by atoms with E-state index in [1.54, 1.807) is 0 Å². The molecule has 88 valence electrons. The molecule has 0 saturated carbocycles. The molecule has 1 aliphatic heterocycles. The molecule has 4 nitrogen and oxygen atoms in total. The van der Waals surface area contributed by atoms with Gasteiger partial charge in [0, 0.05) is 28.9 Å². The fourth-order valence-electron chi connectivity index (χ4n) is 2.20. The van der Waals surface area contributed by atoms with E-state index in [-0.39, 0.29) is 5.91 Å². The number of carbonyl (C=O) groups excluding carboxylic acids is 1. The topological polar surface area (TPSA) is 48.1 Å². The number of rotatable bonds is 3. The number of aromatic amines is 1. The Labute approximate surface area is 109 Å². The van der Waals surface area contributed by atoms with Crippen LogP contribution in [-0.4, -0.2) is 42.0 Å². The summed E-state index contributed by atoms with van der Waals surface area (Å²) in [6.45, 7) is 1.75. The van der Waals surface area contributed by atoms with Gasteiger partial charge in [-0.05, 0) is 48.5 Å². The van der Waals surface area contributed by atoms with E-state index in [1.807, 2.05) is 24.2 Å².